The molecule has 100 valence electrons. The number of hydrogen-bond acceptors (Lipinski definition) is 4. The van der Waals surface area contributed by atoms with Crippen molar-refractivity contribution in [2.75, 3.05) is 0 Å². The van der Waals surface area contributed by atoms with Crippen molar-refractivity contribution in [1.29, 1.82) is 0 Å². The predicted molar refractivity (Wildman–Crippen MR) is 54.4 cm³/mol. The molecule has 2 unspecified atom stereocenters. The van der Waals surface area contributed by atoms with Gasteiger partial charge in [0, 0.05) is 11.0 Å². The van der Waals surface area contributed by atoms with Gasteiger partial charge in [-0.25, -0.2) is 0 Å². The number of alkyl halides is 4. The smallest absolute Gasteiger partial charge is 0.264 e. The molecule has 1 aliphatic rings. The minimum Gasteiger partial charge on any atom is -0.264 e. The summed E-state index contributed by atoms with van der Waals surface area (Å²) in [4.78, 5) is 14.6. The molecule has 0 aromatic heterocycles. The second-order valence-electron chi connectivity index (χ2n) is 3.26. The number of rotatable bonds is 2. The zero-order chi connectivity index (χ0) is 14.3. The van der Waals surface area contributed by atoms with E-state index in [1.54, 1.807) is 0 Å². The fourth-order valence-corrected chi connectivity index (χ4v) is 2.13. The fraction of sp³-hybridized carbons (Fsp3) is 0.429. The van der Waals surface area contributed by atoms with Gasteiger partial charge in [-0.3, -0.25) is 20.2 Å². The van der Waals surface area contributed by atoms with E-state index in [1.165, 1.54) is 0 Å². The van der Waals surface area contributed by atoms with E-state index >= 15 is 0 Å². The van der Waals surface area contributed by atoms with Crippen LogP contribution >= 0.6 is 23.2 Å². The average Bonchev–Trinajstić information content (AvgIpc) is 2.14. The first kappa shape index (κ1) is 14.7. The average molecular weight is 307 g/mol. The third-order valence-electron chi connectivity index (χ3n) is 2.23. The molecule has 1 rings (SSSR count). The molecule has 0 spiro atoms. The Balaban J connectivity index is 3.55. The minimum atomic E-state index is -5.42. The second kappa shape index (κ2) is 4.39. The Morgan fingerprint density at radius 2 is 1.78 bits per heavy atom. The van der Waals surface area contributed by atoms with E-state index < -0.39 is 37.7 Å². The van der Waals surface area contributed by atoms with Gasteiger partial charge in [0.1, 0.15) is 0 Å². The molecule has 0 N–H and O–H groups in total. The van der Waals surface area contributed by atoms with Gasteiger partial charge in [-0.05, 0) is 6.08 Å². The van der Waals surface area contributed by atoms with Gasteiger partial charge in [0.15, 0.2) is 0 Å². The molecule has 0 saturated heterocycles. The summed E-state index contributed by atoms with van der Waals surface area (Å²) in [5.74, 6) is 0. The molecule has 0 heterocycles. The van der Waals surface area contributed by atoms with Crippen molar-refractivity contribution in [2.45, 2.75) is 17.1 Å². The molecule has 0 aliphatic heterocycles. The molecule has 11 heteroatoms. The minimum absolute atomic E-state index is 0.406. The number of hydrogen-bond donors (Lipinski definition) is 0. The van der Waals surface area contributed by atoms with Gasteiger partial charge >= 0.3 is 11.1 Å². The summed E-state index contributed by atoms with van der Waals surface area (Å²) in [6.07, 6.45) is -4.36. The van der Waals surface area contributed by atoms with Crippen LogP contribution in [0.4, 0.5) is 13.2 Å². The lowest BCUT2D eigenvalue weighted by atomic mass is 9.90. The van der Waals surface area contributed by atoms with Gasteiger partial charge in [0.25, 0.3) is 11.7 Å². The maximum atomic E-state index is 12.9. The van der Waals surface area contributed by atoms with Gasteiger partial charge < -0.3 is 0 Å². The molecular formula is C7H3Cl2F3N2O4. The molecule has 0 radical (unpaired) electrons. The third kappa shape index (κ3) is 2.03. The van der Waals surface area contributed by atoms with Crippen molar-refractivity contribution in [3.63, 3.8) is 0 Å². The molecule has 6 nitrogen and oxygen atoms in total. The molecular weight excluding hydrogens is 304 g/mol. The summed E-state index contributed by atoms with van der Waals surface area (Å²) < 4.78 is 38.6. The Kier molecular flexibility index (Phi) is 3.59. The summed E-state index contributed by atoms with van der Waals surface area (Å²) in [5, 5.41) is 20.4. The lowest BCUT2D eigenvalue weighted by Gasteiger charge is -2.30. The Hall–Kier alpha value is -1.35. The highest BCUT2D eigenvalue weighted by atomic mass is 35.5. The lowest BCUT2D eigenvalue weighted by molar-refractivity contribution is -0.536. The SMILES string of the molecule is O=[N+]([O-])C1=CC=C(Cl)C([N+](=O)[O-])C1(Cl)C(F)(F)F. The van der Waals surface area contributed by atoms with Crippen molar-refractivity contribution >= 4 is 23.2 Å². The van der Waals surface area contributed by atoms with Crippen LogP contribution in [0.1, 0.15) is 0 Å². The first-order valence-corrected chi connectivity index (χ1v) is 4.90. The van der Waals surface area contributed by atoms with Gasteiger partial charge in [-0.1, -0.05) is 23.2 Å². The van der Waals surface area contributed by atoms with E-state index in [1.807, 2.05) is 0 Å². The first-order chi connectivity index (χ1) is 8.03. The summed E-state index contributed by atoms with van der Waals surface area (Å²) >= 11 is 10.5. The highest BCUT2D eigenvalue weighted by molar-refractivity contribution is 6.33. The molecule has 18 heavy (non-hydrogen) atoms. The monoisotopic (exact) mass is 306 g/mol. The van der Waals surface area contributed by atoms with Crippen molar-refractivity contribution in [3.05, 3.63) is 43.1 Å². The topological polar surface area (TPSA) is 86.3 Å². The third-order valence-corrected chi connectivity index (χ3v) is 3.18. The van der Waals surface area contributed by atoms with Crippen molar-refractivity contribution in [2.24, 2.45) is 0 Å². The highest BCUT2D eigenvalue weighted by Gasteiger charge is 2.73. The zero-order valence-electron chi connectivity index (χ0n) is 8.15. The van der Waals surface area contributed by atoms with E-state index in [2.05, 4.69) is 0 Å². The van der Waals surface area contributed by atoms with Crippen LogP contribution in [-0.2, 0) is 0 Å². The van der Waals surface area contributed by atoms with E-state index in [9.17, 15) is 33.4 Å². The van der Waals surface area contributed by atoms with E-state index in [4.69, 9.17) is 23.2 Å². The molecule has 0 saturated carbocycles. The van der Waals surface area contributed by atoms with Crippen LogP contribution in [0.3, 0.4) is 0 Å². The standard InChI is InChI=1S/C7H3Cl2F3N2O4/c8-3-1-2-4(13(15)16)6(9,7(10,11)12)5(3)14(17)18/h1-2,5H. The van der Waals surface area contributed by atoms with E-state index in [0.717, 1.165) is 0 Å². The van der Waals surface area contributed by atoms with Crippen LogP contribution in [0.2, 0.25) is 0 Å². The van der Waals surface area contributed by atoms with Crippen LogP contribution in [0, 0.1) is 20.2 Å². The van der Waals surface area contributed by atoms with Crippen molar-refractivity contribution in [1.82, 2.24) is 0 Å². The Morgan fingerprint density at radius 1 is 1.28 bits per heavy atom. The maximum Gasteiger partial charge on any atom is 0.425 e. The summed E-state index contributed by atoms with van der Waals surface area (Å²) in [6.45, 7) is 0. The normalized spacial score (nSPS) is 28.4. The zero-order valence-corrected chi connectivity index (χ0v) is 9.66. The molecule has 0 fully saturated rings. The molecule has 1 aliphatic carbocycles. The Morgan fingerprint density at radius 3 is 2.11 bits per heavy atom. The van der Waals surface area contributed by atoms with Crippen molar-refractivity contribution in [3.8, 4) is 0 Å². The predicted octanol–water partition coefficient (Wildman–Crippen LogP) is 2.47. The van der Waals surface area contributed by atoms with Gasteiger partial charge in [-0.2, -0.15) is 13.2 Å². The van der Waals surface area contributed by atoms with Gasteiger partial charge in [0.2, 0.25) is 0 Å². The summed E-state index contributed by atoms with van der Waals surface area (Å²) in [6, 6.07) is -2.66. The summed E-state index contributed by atoms with van der Waals surface area (Å²) in [7, 11) is 0. The molecule has 0 aromatic carbocycles. The van der Waals surface area contributed by atoms with Crippen molar-refractivity contribution < 1.29 is 23.0 Å². The van der Waals surface area contributed by atoms with Gasteiger partial charge in [-0.15, -0.1) is 0 Å². The molecule has 0 aromatic rings. The molecule has 2 atom stereocenters. The number of allylic oxidation sites excluding steroid dienone is 2. The van der Waals surface area contributed by atoms with Crippen LogP contribution in [0.5, 0.6) is 0 Å². The Bertz CT molecular complexity index is 476. The van der Waals surface area contributed by atoms with Crippen LogP contribution in [0.25, 0.3) is 0 Å². The summed E-state index contributed by atoms with van der Waals surface area (Å²) in [5.41, 5.74) is -1.54. The number of nitro groups is 2. The molecule has 0 bridgehead atoms. The number of nitrogens with zero attached hydrogens (tertiary/aromatic N) is 2. The molecule has 0 amide bonds. The van der Waals surface area contributed by atoms with Crippen LogP contribution in [-0.4, -0.2) is 26.9 Å². The van der Waals surface area contributed by atoms with E-state index in [-0.39, 0.29) is 0 Å². The largest absolute Gasteiger partial charge is 0.425 e. The maximum absolute atomic E-state index is 12.9. The first-order valence-electron chi connectivity index (χ1n) is 4.15. The Labute approximate surface area is 107 Å². The van der Waals surface area contributed by atoms with Gasteiger partial charge in [0.05, 0.1) is 9.96 Å². The quantitative estimate of drug-likeness (QED) is 0.445. The second-order valence-corrected chi connectivity index (χ2v) is 4.29. The lowest BCUT2D eigenvalue weighted by Crippen LogP contribution is -2.57. The van der Waals surface area contributed by atoms with Crippen LogP contribution in [0.15, 0.2) is 22.9 Å². The van der Waals surface area contributed by atoms with Crippen LogP contribution < -0.4 is 0 Å². The number of halogens is 5. The highest BCUT2D eigenvalue weighted by Crippen LogP contribution is 2.49. The van der Waals surface area contributed by atoms with E-state index in [0.29, 0.717) is 12.2 Å². The fourth-order valence-electron chi connectivity index (χ4n) is 1.44.